The van der Waals surface area contributed by atoms with E-state index in [4.69, 9.17) is 4.42 Å². The zero-order valence-corrected chi connectivity index (χ0v) is 16.7. The third-order valence-electron chi connectivity index (χ3n) is 5.91. The van der Waals surface area contributed by atoms with Crippen molar-refractivity contribution >= 4 is 17.6 Å². The number of hydrogen-bond donors (Lipinski definition) is 1. The smallest absolute Gasteiger partial charge is 0.289 e. The molecule has 1 aliphatic carbocycles. The summed E-state index contributed by atoms with van der Waals surface area (Å²) in [5.74, 6) is 1.48. The first-order valence-electron chi connectivity index (χ1n) is 10.5. The van der Waals surface area contributed by atoms with Gasteiger partial charge in [-0.05, 0) is 43.0 Å². The molecule has 2 aliphatic rings. The minimum atomic E-state index is -0.0962. The molecule has 7 nitrogen and oxygen atoms in total. The van der Waals surface area contributed by atoms with E-state index in [9.17, 15) is 9.59 Å². The number of carbonyl (C=O) groups excluding carboxylic acids is 2. The third-order valence-corrected chi connectivity index (χ3v) is 5.91. The lowest BCUT2D eigenvalue weighted by atomic mass is 9.89. The van der Waals surface area contributed by atoms with E-state index in [1.54, 1.807) is 29.3 Å². The van der Waals surface area contributed by atoms with Gasteiger partial charge in [0.25, 0.3) is 11.8 Å². The predicted molar refractivity (Wildman–Crippen MR) is 110 cm³/mol. The summed E-state index contributed by atoms with van der Waals surface area (Å²) in [5, 5.41) is 3.11. The summed E-state index contributed by atoms with van der Waals surface area (Å²) in [7, 11) is 0. The summed E-state index contributed by atoms with van der Waals surface area (Å²) < 4.78 is 5.22. The Kier molecular flexibility index (Phi) is 6.12. The number of hydrogen-bond acceptors (Lipinski definition) is 5. The van der Waals surface area contributed by atoms with Crippen molar-refractivity contribution in [3.63, 3.8) is 0 Å². The maximum absolute atomic E-state index is 12.8. The monoisotopic (exact) mass is 396 g/mol. The number of furan rings is 1. The molecule has 0 aromatic carbocycles. The molecule has 4 rings (SSSR count). The van der Waals surface area contributed by atoms with Crippen molar-refractivity contribution < 1.29 is 14.0 Å². The van der Waals surface area contributed by atoms with Gasteiger partial charge in [0.05, 0.1) is 11.8 Å². The van der Waals surface area contributed by atoms with Gasteiger partial charge >= 0.3 is 0 Å². The highest BCUT2D eigenvalue weighted by atomic mass is 16.3. The molecular weight excluding hydrogens is 368 g/mol. The lowest BCUT2D eigenvalue weighted by molar-refractivity contribution is 0.0713. The summed E-state index contributed by atoms with van der Waals surface area (Å²) in [6.45, 7) is 3.13. The van der Waals surface area contributed by atoms with Crippen LogP contribution in [-0.2, 0) is 0 Å². The van der Waals surface area contributed by atoms with E-state index in [2.05, 4.69) is 15.2 Å². The number of pyridine rings is 1. The predicted octanol–water partition coefficient (Wildman–Crippen LogP) is 2.95. The second kappa shape index (κ2) is 9.11. The van der Waals surface area contributed by atoms with Crippen LogP contribution in [0.4, 0.5) is 5.82 Å². The Morgan fingerprint density at radius 3 is 2.59 bits per heavy atom. The molecule has 2 aromatic rings. The highest BCUT2D eigenvalue weighted by molar-refractivity contribution is 5.99. The molecule has 1 saturated heterocycles. The van der Waals surface area contributed by atoms with Gasteiger partial charge in [0.2, 0.25) is 0 Å². The van der Waals surface area contributed by atoms with Gasteiger partial charge in [-0.3, -0.25) is 9.59 Å². The van der Waals surface area contributed by atoms with E-state index in [1.165, 1.54) is 38.4 Å². The minimum Gasteiger partial charge on any atom is -0.459 e. The first-order chi connectivity index (χ1) is 14.2. The fraction of sp³-hybridized carbons (Fsp3) is 0.500. The summed E-state index contributed by atoms with van der Waals surface area (Å²) in [4.78, 5) is 33.6. The van der Waals surface area contributed by atoms with Crippen LogP contribution in [0, 0.1) is 5.92 Å². The van der Waals surface area contributed by atoms with E-state index < -0.39 is 0 Å². The molecule has 0 spiro atoms. The van der Waals surface area contributed by atoms with Crippen LogP contribution in [0.5, 0.6) is 0 Å². The molecule has 1 saturated carbocycles. The Bertz CT molecular complexity index is 822. The van der Waals surface area contributed by atoms with Crippen molar-refractivity contribution in [1.82, 2.24) is 15.2 Å². The molecule has 0 radical (unpaired) electrons. The fourth-order valence-electron chi connectivity index (χ4n) is 4.23. The minimum absolute atomic E-state index is 0.0623. The molecule has 0 unspecified atom stereocenters. The normalized spacial score (nSPS) is 17.9. The van der Waals surface area contributed by atoms with Crippen LogP contribution in [0.1, 0.15) is 53.0 Å². The second-order valence-electron chi connectivity index (χ2n) is 7.85. The number of rotatable bonds is 5. The number of aromatic nitrogens is 1. The van der Waals surface area contributed by atoms with Gasteiger partial charge in [-0.15, -0.1) is 0 Å². The van der Waals surface area contributed by atoms with Crippen molar-refractivity contribution in [2.75, 3.05) is 37.6 Å². The van der Waals surface area contributed by atoms with Crippen molar-refractivity contribution in [2.45, 2.75) is 32.1 Å². The number of amides is 2. The van der Waals surface area contributed by atoms with Crippen LogP contribution < -0.4 is 10.2 Å². The third kappa shape index (κ3) is 4.60. The highest BCUT2D eigenvalue weighted by Crippen LogP contribution is 2.24. The molecule has 2 fully saturated rings. The molecule has 3 heterocycles. The van der Waals surface area contributed by atoms with Gasteiger partial charge in [0.1, 0.15) is 5.82 Å². The Morgan fingerprint density at radius 1 is 1.07 bits per heavy atom. The summed E-state index contributed by atoms with van der Waals surface area (Å²) >= 11 is 0. The first kappa shape index (κ1) is 19.5. The average molecular weight is 396 g/mol. The van der Waals surface area contributed by atoms with Crippen LogP contribution in [0.25, 0.3) is 0 Å². The number of nitrogens with zero attached hydrogens (tertiary/aromatic N) is 3. The molecule has 7 heteroatoms. The standard InChI is InChI=1S/C22H28N4O3/c27-21(24-16-17-6-2-1-3-7-17)18-8-4-10-23-20(18)25-11-13-26(14-12-25)22(28)19-9-5-15-29-19/h4-5,8-10,15,17H,1-3,6-7,11-14,16H2,(H,24,27). The van der Waals surface area contributed by atoms with Gasteiger partial charge in [0, 0.05) is 38.9 Å². The quantitative estimate of drug-likeness (QED) is 0.841. The zero-order valence-electron chi connectivity index (χ0n) is 16.7. The Hall–Kier alpha value is -2.83. The van der Waals surface area contributed by atoms with E-state index in [1.807, 2.05) is 6.07 Å². The fourth-order valence-corrected chi connectivity index (χ4v) is 4.23. The topological polar surface area (TPSA) is 78.7 Å². The number of nitrogens with one attached hydrogen (secondary N) is 1. The van der Waals surface area contributed by atoms with Crippen LogP contribution in [0.15, 0.2) is 41.1 Å². The van der Waals surface area contributed by atoms with Gasteiger partial charge < -0.3 is 19.5 Å². The maximum Gasteiger partial charge on any atom is 0.289 e. The molecule has 29 heavy (non-hydrogen) atoms. The zero-order chi connectivity index (χ0) is 20.1. The van der Waals surface area contributed by atoms with Crippen molar-refractivity contribution in [1.29, 1.82) is 0 Å². The number of carbonyl (C=O) groups is 2. The summed E-state index contributed by atoms with van der Waals surface area (Å²) in [6, 6.07) is 7.03. The number of anilines is 1. The molecule has 1 N–H and O–H groups in total. The van der Waals surface area contributed by atoms with Gasteiger partial charge in [-0.2, -0.15) is 0 Å². The van der Waals surface area contributed by atoms with E-state index in [0.29, 0.717) is 49.2 Å². The SMILES string of the molecule is O=C(NCC1CCCCC1)c1cccnc1N1CCN(C(=O)c2ccco2)CC1. The average Bonchev–Trinajstić information content (AvgIpc) is 3.33. The van der Waals surface area contributed by atoms with Crippen LogP contribution in [0.2, 0.25) is 0 Å². The molecule has 0 bridgehead atoms. The maximum atomic E-state index is 12.8. The molecule has 1 aliphatic heterocycles. The largest absolute Gasteiger partial charge is 0.459 e. The van der Waals surface area contributed by atoms with Gasteiger partial charge in [0.15, 0.2) is 5.76 Å². The Morgan fingerprint density at radius 2 is 1.86 bits per heavy atom. The van der Waals surface area contributed by atoms with E-state index in [-0.39, 0.29) is 11.8 Å². The summed E-state index contributed by atoms with van der Waals surface area (Å²) in [5.41, 5.74) is 0.606. The molecule has 2 amide bonds. The van der Waals surface area contributed by atoms with Crippen molar-refractivity contribution in [2.24, 2.45) is 5.92 Å². The highest BCUT2D eigenvalue weighted by Gasteiger charge is 2.26. The second-order valence-corrected chi connectivity index (χ2v) is 7.85. The molecular formula is C22H28N4O3. The molecule has 2 aromatic heterocycles. The molecule has 154 valence electrons. The lowest BCUT2D eigenvalue weighted by Crippen LogP contribution is -2.49. The Labute approximate surface area is 171 Å². The van der Waals surface area contributed by atoms with Gasteiger partial charge in [-0.1, -0.05) is 19.3 Å². The van der Waals surface area contributed by atoms with Gasteiger partial charge in [-0.25, -0.2) is 4.98 Å². The van der Waals surface area contributed by atoms with E-state index in [0.717, 1.165) is 6.54 Å². The van der Waals surface area contributed by atoms with Crippen LogP contribution in [0.3, 0.4) is 0 Å². The van der Waals surface area contributed by atoms with Crippen LogP contribution >= 0.6 is 0 Å². The van der Waals surface area contributed by atoms with Crippen molar-refractivity contribution in [3.8, 4) is 0 Å². The number of piperazine rings is 1. The Balaban J connectivity index is 1.37. The van der Waals surface area contributed by atoms with Crippen LogP contribution in [-0.4, -0.2) is 54.4 Å². The molecule has 0 atom stereocenters. The van der Waals surface area contributed by atoms with E-state index >= 15 is 0 Å². The lowest BCUT2D eigenvalue weighted by Gasteiger charge is -2.35. The van der Waals surface area contributed by atoms with Crippen molar-refractivity contribution in [3.05, 3.63) is 48.0 Å². The summed E-state index contributed by atoms with van der Waals surface area (Å²) in [6.07, 6.45) is 9.46. The first-order valence-corrected chi connectivity index (χ1v) is 10.5.